The van der Waals surface area contributed by atoms with Crippen LogP contribution in [0.2, 0.25) is 0 Å². The number of rotatable bonds is 9. The standard InChI is InChI=1S/C26H23F6O2/c1-3-5-7-16-10-13-18(24(29)23(16)28)21-20(33)14-19(27)22(25(21)30)26(31,32)34-17-11-8-15(6-4-2)9-12-17/h8-14H,3-7H2,1-2H3. The van der Waals surface area contributed by atoms with E-state index in [9.17, 15) is 27.1 Å². The molecule has 0 saturated carbocycles. The summed E-state index contributed by atoms with van der Waals surface area (Å²) in [6.45, 7) is 3.79. The van der Waals surface area contributed by atoms with Gasteiger partial charge in [-0.1, -0.05) is 51.0 Å². The molecule has 3 rings (SSSR count). The molecule has 1 radical (unpaired) electrons. The number of benzene rings is 3. The maximum absolute atomic E-state index is 15.2. The molecule has 0 aliphatic carbocycles. The Labute approximate surface area is 193 Å². The van der Waals surface area contributed by atoms with Crippen LogP contribution in [0.3, 0.4) is 0 Å². The van der Waals surface area contributed by atoms with Gasteiger partial charge in [-0.05, 0) is 42.5 Å². The molecule has 0 amide bonds. The van der Waals surface area contributed by atoms with Crippen LogP contribution in [0.15, 0.2) is 42.5 Å². The molecule has 2 nitrogen and oxygen atoms in total. The lowest BCUT2D eigenvalue weighted by molar-refractivity contribution is -0.189. The molecule has 0 aliphatic heterocycles. The lowest BCUT2D eigenvalue weighted by atomic mass is 9.96. The van der Waals surface area contributed by atoms with Crippen molar-refractivity contribution < 1.29 is 36.2 Å². The Hall–Kier alpha value is -3.16. The molecule has 0 saturated heterocycles. The number of unbranched alkanes of at least 4 members (excludes halogenated alkanes) is 1. The molecular formula is C26H23F6O2. The smallest absolute Gasteiger partial charge is 0.429 e. The van der Waals surface area contributed by atoms with Gasteiger partial charge in [0, 0.05) is 11.6 Å². The van der Waals surface area contributed by atoms with Crippen LogP contribution in [0.5, 0.6) is 11.5 Å². The van der Waals surface area contributed by atoms with Gasteiger partial charge in [0.05, 0.1) is 5.56 Å². The lowest BCUT2D eigenvalue weighted by Crippen LogP contribution is -2.25. The van der Waals surface area contributed by atoms with Crippen molar-refractivity contribution in [1.29, 1.82) is 0 Å². The third-order valence-corrected chi connectivity index (χ3v) is 5.41. The molecule has 0 bridgehead atoms. The summed E-state index contributed by atoms with van der Waals surface area (Å²) in [6, 6.07) is 7.70. The highest BCUT2D eigenvalue weighted by Gasteiger charge is 2.43. The van der Waals surface area contributed by atoms with E-state index in [0.717, 1.165) is 24.1 Å². The number of ether oxygens (including phenoxy) is 1. The average molecular weight is 481 g/mol. The molecular weight excluding hydrogens is 458 g/mol. The number of hydrogen-bond donors (Lipinski definition) is 0. The van der Waals surface area contributed by atoms with Crippen LogP contribution in [0.4, 0.5) is 26.3 Å². The molecule has 34 heavy (non-hydrogen) atoms. The molecule has 0 heterocycles. The number of aryl methyl sites for hydroxylation is 2. The fourth-order valence-electron chi connectivity index (χ4n) is 3.67. The highest BCUT2D eigenvalue weighted by atomic mass is 19.3. The van der Waals surface area contributed by atoms with Gasteiger partial charge in [-0.3, -0.25) is 5.11 Å². The predicted molar refractivity (Wildman–Crippen MR) is 115 cm³/mol. The monoisotopic (exact) mass is 481 g/mol. The van der Waals surface area contributed by atoms with E-state index in [-0.39, 0.29) is 23.8 Å². The van der Waals surface area contributed by atoms with E-state index >= 15 is 4.39 Å². The summed E-state index contributed by atoms with van der Waals surface area (Å²) in [5.41, 5.74) is -3.08. The highest BCUT2D eigenvalue weighted by molar-refractivity contribution is 5.73. The number of alkyl halides is 2. The Morgan fingerprint density at radius 2 is 1.50 bits per heavy atom. The summed E-state index contributed by atoms with van der Waals surface area (Å²) >= 11 is 0. The summed E-state index contributed by atoms with van der Waals surface area (Å²) < 4.78 is 93.0. The fourth-order valence-corrected chi connectivity index (χ4v) is 3.67. The third kappa shape index (κ3) is 5.16. The summed E-state index contributed by atoms with van der Waals surface area (Å²) in [5.74, 6) is -8.53. The molecule has 0 atom stereocenters. The van der Waals surface area contributed by atoms with Gasteiger partial charge in [-0.25, -0.2) is 17.6 Å². The van der Waals surface area contributed by atoms with Crippen molar-refractivity contribution in [2.75, 3.05) is 0 Å². The SMILES string of the molecule is CCCCc1ccc(-c2c([O])cc(F)c(C(F)(F)Oc3ccc(CCC)cc3)c2F)c(F)c1F. The number of hydrogen-bond acceptors (Lipinski definition) is 1. The second-order valence-electron chi connectivity index (χ2n) is 7.94. The Bertz CT molecular complexity index is 1160. The van der Waals surface area contributed by atoms with Crippen molar-refractivity contribution >= 4 is 0 Å². The lowest BCUT2D eigenvalue weighted by Gasteiger charge is -2.21. The van der Waals surface area contributed by atoms with Crippen LogP contribution in [-0.4, -0.2) is 0 Å². The molecule has 0 spiro atoms. The van der Waals surface area contributed by atoms with E-state index in [2.05, 4.69) is 4.74 Å². The highest BCUT2D eigenvalue weighted by Crippen LogP contribution is 2.43. The van der Waals surface area contributed by atoms with Crippen LogP contribution in [0.25, 0.3) is 11.1 Å². The van der Waals surface area contributed by atoms with Gasteiger partial charge < -0.3 is 4.74 Å². The maximum Gasteiger partial charge on any atom is 0.432 e. The predicted octanol–water partition coefficient (Wildman–Crippen LogP) is 8.48. The largest absolute Gasteiger partial charge is 0.432 e. The van der Waals surface area contributed by atoms with E-state index in [1.54, 1.807) is 0 Å². The second-order valence-corrected chi connectivity index (χ2v) is 7.94. The van der Waals surface area contributed by atoms with Crippen molar-refractivity contribution in [3.63, 3.8) is 0 Å². The van der Waals surface area contributed by atoms with Crippen LogP contribution < -0.4 is 4.74 Å². The fraction of sp³-hybridized carbons (Fsp3) is 0.308. The van der Waals surface area contributed by atoms with Gasteiger partial charge in [-0.2, -0.15) is 8.78 Å². The quantitative estimate of drug-likeness (QED) is 0.282. The zero-order valence-electron chi connectivity index (χ0n) is 18.7. The number of halogens is 6. The molecule has 0 aromatic heterocycles. The van der Waals surface area contributed by atoms with E-state index < -0.39 is 51.8 Å². The summed E-state index contributed by atoms with van der Waals surface area (Å²) in [4.78, 5) is 0. The van der Waals surface area contributed by atoms with Crippen molar-refractivity contribution in [2.24, 2.45) is 0 Å². The molecule has 3 aromatic carbocycles. The molecule has 0 fully saturated rings. The van der Waals surface area contributed by atoms with Crippen molar-refractivity contribution in [3.8, 4) is 22.6 Å². The first kappa shape index (κ1) is 25.5. The minimum Gasteiger partial charge on any atom is -0.429 e. The first-order valence-electron chi connectivity index (χ1n) is 10.9. The van der Waals surface area contributed by atoms with Crippen molar-refractivity contribution in [2.45, 2.75) is 52.1 Å². The zero-order valence-corrected chi connectivity index (χ0v) is 18.7. The average Bonchev–Trinajstić information content (AvgIpc) is 2.77. The van der Waals surface area contributed by atoms with Crippen LogP contribution in [0, 0.1) is 23.3 Å². The Morgan fingerprint density at radius 1 is 0.824 bits per heavy atom. The maximum atomic E-state index is 15.2. The van der Waals surface area contributed by atoms with Crippen LogP contribution >= 0.6 is 0 Å². The van der Waals surface area contributed by atoms with E-state index in [1.165, 1.54) is 24.3 Å². The van der Waals surface area contributed by atoms with Gasteiger partial charge in [0.2, 0.25) is 0 Å². The first-order chi connectivity index (χ1) is 16.1. The molecule has 0 aliphatic rings. The minimum atomic E-state index is -4.54. The van der Waals surface area contributed by atoms with Crippen LogP contribution in [0.1, 0.15) is 49.8 Å². The molecule has 0 unspecified atom stereocenters. The molecule has 8 heteroatoms. The zero-order chi connectivity index (χ0) is 25.0. The van der Waals surface area contributed by atoms with Gasteiger partial charge in [0.15, 0.2) is 23.2 Å². The van der Waals surface area contributed by atoms with Crippen LogP contribution in [-0.2, 0) is 24.1 Å². The summed E-state index contributed by atoms with van der Waals surface area (Å²) in [6.07, 6.45) is -1.55. The summed E-state index contributed by atoms with van der Waals surface area (Å²) in [5, 5.41) is 12.3. The minimum absolute atomic E-state index is 0.00141. The van der Waals surface area contributed by atoms with E-state index in [1.807, 2.05) is 13.8 Å². The van der Waals surface area contributed by atoms with Crippen molar-refractivity contribution in [3.05, 3.63) is 82.4 Å². The van der Waals surface area contributed by atoms with Crippen molar-refractivity contribution in [1.82, 2.24) is 0 Å². The first-order valence-corrected chi connectivity index (χ1v) is 10.9. The van der Waals surface area contributed by atoms with E-state index in [0.29, 0.717) is 19.3 Å². The summed E-state index contributed by atoms with van der Waals surface area (Å²) in [7, 11) is 0. The van der Waals surface area contributed by atoms with Gasteiger partial charge in [-0.15, -0.1) is 0 Å². The Balaban J connectivity index is 2.05. The second kappa shape index (κ2) is 10.4. The molecule has 3 aromatic rings. The normalized spacial score (nSPS) is 11.6. The van der Waals surface area contributed by atoms with Gasteiger partial charge >= 0.3 is 6.11 Å². The van der Waals surface area contributed by atoms with Gasteiger partial charge in [0.25, 0.3) is 0 Å². The molecule has 181 valence electrons. The molecule has 0 N–H and O–H groups in total. The topological polar surface area (TPSA) is 29.1 Å². The van der Waals surface area contributed by atoms with Gasteiger partial charge in [0.1, 0.15) is 17.1 Å². The van der Waals surface area contributed by atoms with E-state index in [4.69, 9.17) is 0 Å². The third-order valence-electron chi connectivity index (χ3n) is 5.41. The Kier molecular flexibility index (Phi) is 7.79. The Morgan fingerprint density at radius 3 is 2.12 bits per heavy atom.